The van der Waals surface area contributed by atoms with E-state index in [1.54, 1.807) is 0 Å². The summed E-state index contributed by atoms with van der Waals surface area (Å²) in [5.74, 6) is 0.148. The Morgan fingerprint density at radius 3 is 2.65 bits per heavy atom. The van der Waals surface area contributed by atoms with Crippen molar-refractivity contribution < 1.29 is 14.6 Å². The molecule has 1 aromatic carbocycles. The molecule has 2 aliphatic rings. The van der Waals surface area contributed by atoms with Gasteiger partial charge in [-0.3, -0.25) is 4.79 Å². The molecule has 0 bridgehead atoms. The Balaban J connectivity index is 1.82. The van der Waals surface area contributed by atoms with Crippen LogP contribution in [0.15, 0.2) is 24.3 Å². The number of carboxylic acid groups (broad SMARTS) is 1. The molecule has 0 amide bonds. The Kier molecular flexibility index (Phi) is 3.95. The van der Waals surface area contributed by atoms with Crippen LogP contribution in [-0.2, 0) is 4.79 Å². The van der Waals surface area contributed by atoms with E-state index in [0.29, 0.717) is 6.10 Å². The molecule has 0 radical (unpaired) electrons. The number of ether oxygens (including phenoxy) is 1. The molecule has 2 saturated carbocycles. The van der Waals surface area contributed by atoms with Crippen LogP contribution in [-0.4, -0.2) is 17.2 Å². The molecule has 0 saturated heterocycles. The van der Waals surface area contributed by atoms with Gasteiger partial charge in [0.15, 0.2) is 0 Å². The molecule has 0 spiro atoms. The molecule has 0 aliphatic heterocycles. The number of benzene rings is 1. The molecular formula is C17H22O3. The van der Waals surface area contributed by atoms with Crippen molar-refractivity contribution in [2.24, 2.45) is 5.92 Å². The van der Waals surface area contributed by atoms with E-state index < -0.39 is 5.97 Å². The summed E-state index contributed by atoms with van der Waals surface area (Å²) in [6, 6.07) is 8.10. The summed E-state index contributed by atoms with van der Waals surface area (Å²) in [6.07, 6.45) is 7.76. The summed E-state index contributed by atoms with van der Waals surface area (Å²) >= 11 is 0. The zero-order valence-corrected chi connectivity index (χ0v) is 11.8. The van der Waals surface area contributed by atoms with E-state index in [1.807, 2.05) is 12.1 Å². The highest BCUT2D eigenvalue weighted by atomic mass is 16.5. The standard InChI is InChI=1S/C17H22O3/c18-17(19)16-8-3-1-2-7-15(16)12-5-4-6-14(11-12)20-13-9-10-13/h4-6,11,13,15-16H,1-3,7-10H2,(H,18,19). The van der Waals surface area contributed by atoms with Crippen molar-refractivity contribution in [1.29, 1.82) is 0 Å². The van der Waals surface area contributed by atoms with Gasteiger partial charge in [-0.25, -0.2) is 0 Å². The Bertz CT molecular complexity index is 479. The monoisotopic (exact) mass is 274 g/mol. The SMILES string of the molecule is O=C(O)C1CCCCCC1c1cccc(OC2CC2)c1. The largest absolute Gasteiger partial charge is 0.490 e. The van der Waals surface area contributed by atoms with Gasteiger partial charge in [0.25, 0.3) is 0 Å². The van der Waals surface area contributed by atoms with Crippen LogP contribution in [0.2, 0.25) is 0 Å². The zero-order valence-electron chi connectivity index (χ0n) is 11.8. The highest BCUT2D eigenvalue weighted by Gasteiger charge is 2.31. The van der Waals surface area contributed by atoms with Crippen LogP contribution >= 0.6 is 0 Å². The average Bonchev–Trinajstić information content (AvgIpc) is 3.24. The number of rotatable bonds is 4. The molecule has 2 atom stereocenters. The van der Waals surface area contributed by atoms with E-state index in [2.05, 4.69) is 12.1 Å². The second-order valence-corrected chi connectivity index (χ2v) is 6.08. The Morgan fingerprint density at radius 1 is 1.10 bits per heavy atom. The van der Waals surface area contributed by atoms with Gasteiger partial charge in [0.1, 0.15) is 5.75 Å². The lowest BCUT2D eigenvalue weighted by molar-refractivity contribution is -0.142. The maximum absolute atomic E-state index is 11.5. The van der Waals surface area contributed by atoms with Gasteiger partial charge in [0.05, 0.1) is 12.0 Å². The summed E-state index contributed by atoms with van der Waals surface area (Å²) in [7, 11) is 0. The van der Waals surface area contributed by atoms with Gasteiger partial charge in [-0.1, -0.05) is 31.4 Å². The maximum Gasteiger partial charge on any atom is 0.307 e. The second-order valence-electron chi connectivity index (χ2n) is 6.08. The van der Waals surface area contributed by atoms with Crippen LogP contribution in [0.4, 0.5) is 0 Å². The van der Waals surface area contributed by atoms with Crippen LogP contribution in [0, 0.1) is 5.92 Å². The molecule has 1 N–H and O–H groups in total. The predicted molar refractivity (Wildman–Crippen MR) is 77.0 cm³/mol. The Hall–Kier alpha value is -1.51. The lowest BCUT2D eigenvalue weighted by atomic mass is 9.82. The maximum atomic E-state index is 11.5. The Labute approximate surface area is 120 Å². The molecule has 2 unspecified atom stereocenters. The van der Waals surface area contributed by atoms with Gasteiger partial charge < -0.3 is 9.84 Å². The topological polar surface area (TPSA) is 46.5 Å². The number of aliphatic carboxylic acids is 1. The molecule has 108 valence electrons. The summed E-state index contributed by atoms with van der Waals surface area (Å²) in [5.41, 5.74) is 1.14. The number of hydrogen-bond acceptors (Lipinski definition) is 2. The fraction of sp³-hybridized carbons (Fsp3) is 0.588. The first kappa shape index (κ1) is 13.5. The lowest BCUT2D eigenvalue weighted by Crippen LogP contribution is -2.21. The van der Waals surface area contributed by atoms with Crippen LogP contribution in [0.25, 0.3) is 0 Å². The van der Waals surface area contributed by atoms with Crippen molar-refractivity contribution in [3.8, 4) is 5.75 Å². The summed E-state index contributed by atoms with van der Waals surface area (Å²) in [5, 5.41) is 9.49. The zero-order chi connectivity index (χ0) is 13.9. The van der Waals surface area contributed by atoms with Crippen molar-refractivity contribution in [3.05, 3.63) is 29.8 Å². The quantitative estimate of drug-likeness (QED) is 0.845. The number of hydrogen-bond donors (Lipinski definition) is 1. The van der Waals surface area contributed by atoms with Crippen LogP contribution < -0.4 is 4.74 Å². The molecule has 2 aliphatic carbocycles. The summed E-state index contributed by atoms with van der Waals surface area (Å²) < 4.78 is 5.84. The average molecular weight is 274 g/mol. The van der Waals surface area contributed by atoms with E-state index in [1.165, 1.54) is 0 Å². The van der Waals surface area contributed by atoms with E-state index in [4.69, 9.17) is 4.74 Å². The minimum Gasteiger partial charge on any atom is -0.490 e. The molecule has 1 aromatic rings. The van der Waals surface area contributed by atoms with Crippen LogP contribution in [0.5, 0.6) is 5.75 Å². The van der Waals surface area contributed by atoms with Gasteiger partial charge in [0.2, 0.25) is 0 Å². The molecule has 3 rings (SSSR count). The summed E-state index contributed by atoms with van der Waals surface area (Å²) in [4.78, 5) is 11.5. The van der Waals surface area contributed by atoms with Crippen molar-refractivity contribution in [1.82, 2.24) is 0 Å². The molecule has 0 aromatic heterocycles. The van der Waals surface area contributed by atoms with E-state index >= 15 is 0 Å². The second kappa shape index (κ2) is 5.86. The van der Waals surface area contributed by atoms with E-state index in [9.17, 15) is 9.90 Å². The van der Waals surface area contributed by atoms with E-state index in [0.717, 1.165) is 56.3 Å². The number of carboxylic acids is 1. The normalized spacial score (nSPS) is 26.8. The predicted octanol–water partition coefficient (Wildman–Crippen LogP) is 3.98. The minimum absolute atomic E-state index is 0.137. The fourth-order valence-corrected chi connectivity index (χ4v) is 3.20. The third kappa shape index (κ3) is 3.14. The first-order valence-electron chi connectivity index (χ1n) is 7.73. The highest BCUT2D eigenvalue weighted by Crippen LogP contribution is 2.38. The highest BCUT2D eigenvalue weighted by molar-refractivity contribution is 5.71. The lowest BCUT2D eigenvalue weighted by Gasteiger charge is -2.22. The number of carbonyl (C=O) groups is 1. The van der Waals surface area contributed by atoms with Gasteiger partial charge >= 0.3 is 5.97 Å². The molecular weight excluding hydrogens is 252 g/mol. The molecule has 2 fully saturated rings. The first-order valence-corrected chi connectivity index (χ1v) is 7.73. The van der Waals surface area contributed by atoms with Gasteiger partial charge in [-0.2, -0.15) is 0 Å². The first-order chi connectivity index (χ1) is 9.74. The van der Waals surface area contributed by atoms with Crippen molar-refractivity contribution in [3.63, 3.8) is 0 Å². The third-order valence-electron chi connectivity index (χ3n) is 4.45. The van der Waals surface area contributed by atoms with Gasteiger partial charge in [0, 0.05) is 0 Å². The molecule has 20 heavy (non-hydrogen) atoms. The van der Waals surface area contributed by atoms with E-state index in [-0.39, 0.29) is 11.8 Å². The summed E-state index contributed by atoms with van der Waals surface area (Å²) in [6.45, 7) is 0. The molecule has 3 nitrogen and oxygen atoms in total. The minimum atomic E-state index is -0.648. The fourth-order valence-electron chi connectivity index (χ4n) is 3.20. The van der Waals surface area contributed by atoms with Crippen molar-refractivity contribution in [2.75, 3.05) is 0 Å². The third-order valence-corrected chi connectivity index (χ3v) is 4.45. The Morgan fingerprint density at radius 2 is 1.90 bits per heavy atom. The molecule has 0 heterocycles. The smallest absolute Gasteiger partial charge is 0.307 e. The van der Waals surface area contributed by atoms with Gasteiger partial charge in [-0.15, -0.1) is 0 Å². The van der Waals surface area contributed by atoms with Gasteiger partial charge in [-0.05, 0) is 49.3 Å². The van der Waals surface area contributed by atoms with Crippen LogP contribution in [0.3, 0.4) is 0 Å². The van der Waals surface area contributed by atoms with Crippen LogP contribution in [0.1, 0.15) is 56.4 Å². The molecule has 3 heteroatoms. The van der Waals surface area contributed by atoms with Crippen molar-refractivity contribution >= 4 is 5.97 Å². The van der Waals surface area contributed by atoms with Crippen molar-refractivity contribution in [2.45, 2.75) is 57.0 Å².